The van der Waals surface area contributed by atoms with Gasteiger partial charge in [-0.25, -0.2) is 29.9 Å². The maximum Gasteiger partial charge on any atom is 1.00 e. The van der Waals surface area contributed by atoms with Crippen molar-refractivity contribution >= 4 is 67.3 Å². The Hall–Kier alpha value is 1.27. The quantitative estimate of drug-likeness (QED) is 0.0463. The van der Waals surface area contributed by atoms with Gasteiger partial charge in [-0.3, -0.25) is 9.18 Å². The number of fused-ring (bicyclic) bond motifs is 2. The van der Waals surface area contributed by atoms with Crippen molar-refractivity contribution < 1.29 is 149 Å². The Morgan fingerprint density at radius 1 is 0.923 bits per heavy atom. The van der Waals surface area contributed by atoms with Crippen molar-refractivity contribution in [2.45, 2.75) is 102 Å². The summed E-state index contributed by atoms with van der Waals surface area (Å²) in [6.45, 7) is 4.00. The topological polar surface area (TPSA) is 171 Å². The van der Waals surface area contributed by atoms with Crippen LogP contribution in [0.5, 0.6) is 0 Å². The summed E-state index contributed by atoms with van der Waals surface area (Å²) in [5.41, 5.74) is 7.44. The van der Waals surface area contributed by atoms with Crippen LogP contribution in [-0.4, -0.2) is 106 Å². The summed E-state index contributed by atoms with van der Waals surface area (Å²) in [5.74, 6) is 0.907. The number of alkyl halides is 1. The van der Waals surface area contributed by atoms with Crippen LogP contribution in [0.1, 0.15) is 78.0 Å². The Bertz CT molecular complexity index is 1540. The van der Waals surface area contributed by atoms with Gasteiger partial charge in [0.1, 0.15) is 33.3 Å². The first-order valence-corrected chi connectivity index (χ1v) is 18.3. The van der Waals surface area contributed by atoms with E-state index in [1.165, 1.54) is 57.7 Å². The zero-order valence-electron chi connectivity index (χ0n) is 33.6. The molecule has 4 heterocycles. The molecule has 0 aromatic carbocycles. The number of thiazole rings is 2. The van der Waals surface area contributed by atoms with Gasteiger partial charge in [0.25, 0.3) is 6.47 Å². The van der Waals surface area contributed by atoms with Crippen LogP contribution in [0, 0.1) is 0 Å². The zero-order valence-corrected chi connectivity index (χ0v) is 42.4. The number of nitrogens with two attached hydrogens (primary N) is 1. The second kappa shape index (κ2) is 31.3. The van der Waals surface area contributed by atoms with Crippen LogP contribution in [0.15, 0.2) is 12.7 Å². The van der Waals surface area contributed by atoms with Crippen molar-refractivity contribution in [3.63, 3.8) is 0 Å². The van der Waals surface area contributed by atoms with Gasteiger partial charge in [-0.1, -0.05) is 48.1 Å². The Morgan fingerprint density at radius 2 is 1.35 bits per heavy atom. The molecule has 6 rings (SSSR count). The molecule has 284 valence electrons. The maximum absolute atomic E-state index is 9.96. The third-order valence-electron chi connectivity index (χ3n) is 8.32. The molecule has 0 atom stereocenters. The van der Waals surface area contributed by atoms with Crippen LogP contribution < -0.4 is 143 Å². The summed E-state index contributed by atoms with van der Waals surface area (Å²) >= 11 is 9.05. The molecule has 52 heavy (non-hydrogen) atoms. The minimum Gasteiger partial charge on any atom is -1.00 e. The van der Waals surface area contributed by atoms with Crippen molar-refractivity contribution in [3.8, 4) is 0 Å². The third kappa shape index (κ3) is 19.1. The Morgan fingerprint density at radius 3 is 1.77 bits per heavy atom. The van der Waals surface area contributed by atoms with Crippen LogP contribution in [0.4, 0.5) is 10.2 Å². The predicted octanol–water partition coefficient (Wildman–Crippen LogP) is -3.80. The van der Waals surface area contributed by atoms with E-state index in [0.29, 0.717) is 17.2 Å². The summed E-state index contributed by atoms with van der Waals surface area (Å²) in [7, 11) is 7.66. The van der Waals surface area contributed by atoms with Gasteiger partial charge < -0.3 is 56.4 Å². The molecule has 0 aliphatic heterocycles. The van der Waals surface area contributed by atoms with Crippen molar-refractivity contribution in [2.24, 2.45) is 5.73 Å². The standard InChI is InChI=1S/C15H23N5S.C8H18N2.C7H6ClN3S.CH3F.CH2O3.HI.2K.H/c1-4-12-19-13-14(16-9-17-15(13)21-12)18-10-5-7-11(8-6-10)20(2)3;1-10(2)8-5-3-7(9)4-6-8;1-2-4-11-5-6(8)9-3-10-7(5)12-4;1-2;2-1-4-3;;;;/h9-11H,4-8H2,1-3H3,(H,16,17,18);7-8H,3-6,9H2,1-2H3;3H,2H2,1H3;1H3;1,3H;1H;;;/q;;;;;;2*+1;-1/p-2/i;;;1D;;;;;. The average molecular weight is 950 g/mol. The average Bonchev–Trinajstić information content (AvgIpc) is 3.75. The van der Waals surface area contributed by atoms with E-state index < -0.39 is 7.15 Å². The molecule has 2 aliphatic carbocycles. The Labute approximate surface area is 425 Å². The number of hydrogen-bond donors (Lipinski definition) is 2. The van der Waals surface area contributed by atoms with Gasteiger partial charge in [-0.05, 0) is 92.4 Å². The summed E-state index contributed by atoms with van der Waals surface area (Å²) in [6, 6.07) is 2.50. The number of aromatic nitrogens is 6. The summed E-state index contributed by atoms with van der Waals surface area (Å²) in [6.07, 6.45) is 14.8. The third-order valence-corrected chi connectivity index (χ3v) is 10.8. The fourth-order valence-corrected chi connectivity index (χ4v) is 7.44. The Balaban J connectivity index is -0.000000680. The Kier molecular flexibility index (Phi) is 32.1. The van der Waals surface area contributed by atoms with Crippen LogP contribution in [-0.2, 0) is 22.5 Å². The van der Waals surface area contributed by atoms with Gasteiger partial charge in [0.05, 0.1) is 18.5 Å². The molecule has 2 aliphatic rings. The molecular formula is C32H52ClFIK2N10O3S2-. The minimum atomic E-state index is -1.00. The molecule has 2 fully saturated rings. The fraction of sp³-hybridized carbons (Fsp3) is 0.656. The van der Waals surface area contributed by atoms with Crippen LogP contribution in [0.3, 0.4) is 0 Å². The first kappa shape index (κ1) is 53.3. The van der Waals surface area contributed by atoms with Crippen LogP contribution in [0.2, 0.25) is 5.15 Å². The van der Waals surface area contributed by atoms with Gasteiger partial charge >= 0.3 is 103 Å². The summed E-state index contributed by atoms with van der Waals surface area (Å²) in [4.78, 5) is 43.4. The van der Waals surface area contributed by atoms with Gasteiger partial charge in [0.2, 0.25) is 0 Å². The van der Waals surface area contributed by atoms with E-state index in [1.54, 1.807) is 29.0 Å². The molecule has 13 nitrogen and oxygen atoms in total. The van der Waals surface area contributed by atoms with Crippen LogP contribution in [0.25, 0.3) is 20.7 Å². The number of anilines is 1. The SMILES string of the molecule is CCc1nc2c(Cl)ncnc2s1.CCc1nc2c(NC3CCC(N(C)C)CC3)ncnc2s1.CN(C)C1CCC(N)CC1.O=CO[O-].[2H]CF.[H-].[I-].[K+].[K+]. The number of carbonyl (C=O) groups is 1. The number of hydrogen-bond acceptors (Lipinski definition) is 15. The number of nitrogens with one attached hydrogen (secondary N) is 1. The molecule has 0 spiro atoms. The molecule has 2 saturated carbocycles. The van der Waals surface area contributed by atoms with E-state index in [1.807, 2.05) is 0 Å². The molecule has 4 aromatic heterocycles. The summed E-state index contributed by atoms with van der Waals surface area (Å²) < 4.78 is 15.5. The smallest absolute Gasteiger partial charge is 1.00 e. The van der Waals surface area contributed by atoms with Crippen molar-refractivity contribution in [3.05, 3.63) is 27.8 Å². The molecule has 0 saturated heterocycles. The number of carbonyl (C=O) groups excluding carboxylic acids is 1. The van der Waals surface area contributed by atoms with Gasteiger partial charge in [0, 0.05) is 24.2 Å². The number of rotatable bonds is 7. The van der Waals surface area contributed by atoms with Crippen molar-refractivity contribution in [1.82, 2.24) is 39.7 Å². The minimum absolute atomic E-state index is 0. The fourth-order valence-electron chi connectivity index (χ4n) is 5.52. The van der Waals surface area contributed by atoms with E-state index in [9.17, 15) is 4.39 Å². The van der Waals surface area contributed by atoms with E-state index in [-0.39, 0.29) is 135 Å². The number of aryl methyl sites for hydroxylation is 2. The summed E-state index contributed by atoms with van der Waals surface area (Å²) in [5, 5.41) is 14.6. The first-order valence-electron chi connectivity index (χ1n) is 17.0. The molecule has 0 unspecified atom stereocenters. The zero-order chi connectivity index (χ0) is 37.1. The second-order valence-electron chi connectivity index (χ2n) is 12.0. The number of halogens is 3. The number of nitrogens with zero attached hydrogens (tertiary/aromatic N) is 8. The molecule has 0 radical (unpaired) electrons. The van der Waals surface area contributed by atoms with E-state index in [0.717, 1.165) is 61.5 Å². The molecule has 3 N–H and O–H groups in total. The molecular weight excluding hydrogens is 896 g/mol. The van der Waals surface area contributed by atoms with Crippen LogP contribution >= 0.6 is 34.3 Å². The van der Waals surface area contributed by atoms with Crippen molar-refractivity contribution in [2.75, 3.05) is 40.7 Å². The molecule has 4 aromatic rings. The molecule has 0 bridgehead atoms. The van der Waals surface area contributed by atoms with E-state index >= 15 is 0 Å². The monoisotopic (exact) mass is 948 g/mol. The largest absolute Gasteiger partial charge is 1.00 e. The van der Waals surface area contributed by atoms with E-state index in [2.05, 4.69) is 91.9 Å². The second-order valence-corrected chi connectivity index (χ2v) is 14.4. The van der Waals surface area contributed by atoms with E-state index in [4.69, 9.17) is 28.8 Å². The van der Waals surface area contributed by atoms with Gasteiger partial charge in [-0.2, -0.15) is 0 Å². The van der Waals surface area contributed by atoms with Crippen molar-refractivity contribution in [1.29, 1.82) is 0 Å². The first-order chi connectivity index (χ1) is 24.0. The maximum atomic E-state index is 9.96. The van der Waals surface area contributed by atoms with Gasteiger partial charge in [-0.15, -0.1) is 0 Å². The van der Waals surface area contributed by atoms with Gasteiger partial charge in [0.15, 0.2) is 11.0 Å². The molecule has 0 amide bonds. The predicted molar refractivity (Wildman–Crippen MR) is 197 cm³/mol. The molecule has 20 heteroatoms. The normalized spacial score (nSPS) is 19.2.